The van der Waals surface area contributed by atoms with Crippen LogP contribution in [0.5, 0.6) is 0 Å². The van der Waals surface area contributed by atoms with Crippen LogP contribution in [0.4, 0.5) is 0 Å². The summed E-state index contributed by atoms with van der Waals surface area (Å²) < 4.78 is 6.56. The van der Waals surface area contributed by atoms with Crippen LogP contribution in [0.2, 0.25) is 0 Å². The first kappa shape index (κ1) is 13.4. The normalized spacial score (nSPS) is 12.6. The third-order valence-corrected chi connectivity index (χ3v) is 3.93. The fraction of sp³-hybridized carbons (Fsp3) is 0.333. The van der Waals surface area contributed by atoms with Gasteiger partial charge in [0.25, 0.3) is 0 Å². The van der Waals surface area contributed by atoms with E-state index < -0.39 is 0 Å². The van der Waals surface area contributed by atoms with Gasteiger partial charge in [-0.25, -0.2) is 0 Å². The van der Waals surface area contributed by atoms with E-state index in [-0.39, 0.29) is 6.04 Å². The molecule has 0 aliphatic heterocycles. The van der Waals surface area contributed by atoms with Gasteiger partial charge >= 0.3 is 0 Å². The van der Waals surface area contributed by atoms with Crippen molar-refractivity contribution in [3.63, 3.8) is 0 Å². The van der Waals surface area contributed by atoms with Crippen molar-refractivity contribution >= 4 is 15.9 Å². The average Bonchev–Trinajstić information content (AvgIpc) is 2.79. The molecule has 1 aromatic heterocycles. The van der Waals surface area contributed by atoms with E-state index in [4.69, 9.17) is 4.42 Å². The Bertz CT molecular complexity index is 507. The standard InChI is InChI=1S/C15H18BrNO/c1-11-5-3-4-6-12(11)7-8-14(17-2)15-13(16)9-10-18-15/h3-6,9-10,14,17H,7-8H2,1-2H3. The lowest BCUT2D eigenvalue weighted by Crippen LogP contribution is -2.17. The van der Waals surface area contributed by atoms with Crippen LogP contribution >= 0.6 is 15.9 Å². The number of hydrogen-bond donors (Lipinski definition) is 1. The first-order chi connectivity index (χ1) is 8.72. The third-order valence-electron chi connectivity index (χ3n) is 3.27. The Morgan fingerprint density at radius 2 is 2.06 bits per heavy atom. The number of benzene rings is 1. The number of hydrogen-bond acceptors (Lipinski definition) is 2. The smallest absolute Gasteiger partial charge is 0.134 e. The Morgan fingerprint density at radius 3 is 2.67 bits per heavy atom. The largest absolute Gasteiger partial charge is 0.466 e. The van der Waals surface area contributed by atoms with Crippen molar-refractivity contribution in [1.29, 1.82) is 0 Å². The molecule has 2 nitrogen and oxygen atoms in total. The first-order valence-corrected chi connectivity index (χ1v) is 6.96. The second-order valence-electron chi connectivity index (χ2n) is 4.44. The fourth-order valence-corrected chi connectivity index (χ4v) is 2.63. The predicted molar refractivity (Wildman–Crippen MR) is 77.7 cm³/mol. The summed E-state index contributed by atoms with van der Waals surface area (Å²) in [7, 11) is 1.97. The number of rotatable bonds is 5. The monoisotopic (exact) mass is 307 g/mol. The van der Waals surface area contributed by atoms with Crippen LogP contribution in [0.1, 0.15) is 29.3 Å². The summed E-state index contributed by atoms with van der Waals surface area (Å²) in [6.07, 6.45) is 3.79. The van der Waals surface area contributed by atoms with Gasteiger partial charge in [0.05, 0.1) is 16.8 Å². The molecule has 18 heavy (non-hydrogen) atoms. The molecule has 0 spiro atoms. The summed E-state index contributed by atoms with van der Waals surface area (Å²) in [5.41, 5.74) is 2.76. The second kappa shape index (κ2) is 6.21. The molecule has 1 N–H and O–H groups in total. The zero-order valence-corrected chi connectivity index (χ0v) is 12.3. The maximum absolute atomic E-state index is 5.53. The second-order valence-corrected chi connectivity index (χ2v) is 5.29. The highest BCUT2D eigenvalue weighted by Gasteiger charge is 2.16. The van der Waals surface area contributed by atoms with Crippen molar-refractivity contribution in [2.45, 2.75) is 25.8 Å². The predicted octanol–water partition coefficient (Wildman–Crippen LogP) is 4.24. The lowest BCUT2D eigenvalue weighted by Gasteiger charge is -2.15. The molecule has 1 aromatic carbocycles. The molecule has 0 bridgehead atoms. The molecular weight excluding hydrogens is 290 g/mol. The summed E-state index contributed by atoms with van der Waals surface area (Å²) in [5, 5.41) is 3.31. The van der Waals surface area contributed by atoms with Gasteiger partial charge < -0.3 is 9.73 Å². The molecule has 1 unspecified atom stereocenters. The van der Waals surface area contributed by atoms with Gasteiger partial charge in [0.1, 0.15) is 5.76 Å². The number of halogens is 1. The summed E-state index contributed by atoms with van der Waals surface area (Å²) >= 11 is 3.51. The van der Waals surface area contributed by atoms with Crippen molar-refractivity contribution in [1.82, 2.24) is 5.32 Å². The highest BCUT2D eigenvalue weighted by molar-refractivity contribution is 9.10. The average molecular weight is 308 g/mol. The van der Waals surface area contributed by atoms with E-state index in [1.165, 1.54) is 11.1 Å². The van der Waals surface area contributed by atoms with Gasteiger partial charge in [-0.1, -0.05) is 24.3 Å². The van der Waals surface area contributed by atoms with Crippen LogP contribution in [-0.2, 0) is 6.42 Å². The van der Waals surface area contributed by atoms with Gasteiger partial charge in [-0.15, -0.1) is 0 Å². The topological polar surface area (TPSA) is 25.2 Å². The Labute approximate surface area is 117 Å². The van der Waals surface area contributed by atoms with E-state index in [0.717, 1.165) is 23.1 Å². The SMILES string of the molecule is CNC(CCc1ccccc1C)c1occc1Br. The molecule has 0 saturated carbocycles. The molecule has 1 heterocycles. The summed E-state index contributed by atoms with van der Waals surface area (Å²) in [4.78, 5) is 0. The van der Waals surface area contributed by atoms with Crippen molar-refractivity contribution in [3.8, 4) is 0 Å². The van der Waals surface area contributed by atoms with E-state index in [1.54, 1.807) is 6.26 Å². The van der Waals surface area contributed by atoms with Crippen molar-refractivity contribution < 1.29 is 4.42 Å². The molecule has 0 aliphatic carbocycles. The molecule has 0 aliphatic rings. The van der Waals surface area contributed by atoms with Gasteiger partial charge in [-0.05, 0) is 59.9 Å². The minimum atomic E-state index is 0.244. The van der Waals surface area contributed by atoms with Crippen LogP contribution in [0.15, 0.2) is 45.5 Å². The summed E-state index contributed by atoms with van der Waals surface area (Å²) in [6, 6.07) is 10.7. The Balaban J connectivity index is 2.05. The number of aryl methyl sites for hydroxylation is 2. The third kappa shape index (κ3) is 3.03. The molecule has 3 heteroatoms. The molecule has 0 saturated heterocycles. The van der Waals surface area contributed by atoms with Gasteiger partial charge in [0, 0.05) is 0 Å². The fourth-order valence-electron chi connectivity index (χ4n) is 2.15. The van der Waals surface area contributed by atoms with Crippen molar-refractivity contribution in [2.24, 2.45) is 0 Å². The molecular formula is C15H18BrNO. The van der Waals surface area contributed by atoms with Crippen molar-refractivity contribution in [2.75, 3.05) is 7.05 Å². The van der Waals surface area contributed by atoms with Gasteiger partial charge in [-0.2, -0.15) is 0 Å². The van der Waals surface area contributed by atoms with Crippen LogP contribution in [0, 0.1) is 6.92 Å². The highest BCUT2D eigenvalue weighted by atomic mass is 79.9. The minimum absolute atomic E-state index is 0.244. The molecule has 1 atom stereocenters. The lowest BCUT2D eigenvalue weighted by atomic mass is 10.00. The highest BCUT2D eigenvalue weighted by Crippen LogP contribution is 2.27. The number of nitrogens with one attached hydrogen (secondary N) is 1. The van der Waals surface area contributed by atoms with Crippen LogP contribution in [0.3, 0.4) is 0 Å². The molecule has 0 radical (unpaired) electrons. The quantitative estimate of drug-likeness (QED) is 0.893. The zero-order valence-electron chi connectivity index (χ0n) is 10.7. The van der Waals surface area contributed by atoms with Crippen LogP contribution < -0.4 is 5.32 Å². The maximum Gasteiger partial charge on any atom is 0.134 e. The van der Waals surface area contributed by atoms with Gasteiger partial charge in [0.2, 0.25) is 0 Å². The van der Waals surface area contributed by atoms with E-state index in [2.05, 4.69) is 52.4 Å². The van der Waals surface area contributed by atoms with E-state index in [9.17, 15) is 0 Å². The summed E-state index contributed by atoms with van der Waals surface area (Å²) in [5.74, 6) is 0.978. The first-order valence-electron chi connectivity index (χ1n) is 6.17. The molecule has 0 fully saturated rings. The van der Waals surface area contributed by atoms with E-state index >= 15 is 0 Å². The van der Waals surface area contributed by atoms with Gasteiger partial charge in [-0.3, -0.25) is 0 Å². The maximum atomic E-state index is 5.53. The molecule has 0 amide bonds. The zero-order chi connectivity index (χ0) is 13.0. The Hall–Kier alpha value is -1.06. The molecule has 2 rings (SSSR count). The van der Waals surface area contributed by atoms with Gasteiger partial charge in [0.15, 0.2) is 0 Å². The molecule has 96 valence electrons. The Morgan fingerprint density at radius 1 is 1.28 bits per heavy atom. The Kier molecular flexibility index (Phi) is 4.61. The van der Waals surface area contributed by atoms with E-state index in [1.807, 2.05) is 13.1 Å². The number of furan rings is 1. The van der Waals surface area contributed by atoms with Crippen LogP contribution in [-0.4, -0.2) is 7.05 Å². The van der Waals surface area contributed by atoms with Crippen LogP contribution in [0.25, 0.3) is 0 Å². The molecule has 2 aromatic rings. The van der Waals surface area contributed by atoms with Crippen molar-refractivity contribution in [3.05, 3.63) is 58.0 Å². The lowest BCUT2D eigenvalue weighted by molar-refractivity contribution is 0.412. The van der Waals surface area contributed by atoms with E-state index in [0.29, 0.717) is 0 Å². The minimum Gasteiger partial charge on any atom is -0.466 e. The summed E-state index contributed by atoms with van der Waals surface area (Å²) in [6.45, 7) is 2.16.